The van der Waals surface area contributed by atoms with E-state index in [2.05, 4.69) is 36.3 Å². The van der Waals surface area contributed by atoms with Gasteiger partial charge < -0.3 is 5.32 Å². The Morgan fingerprint density at radius 3 is 2.57 bits per heavy atom. The van der Waals surface area contributed by atoms with Crippen LogP contribution in [0.15, 0.2) is 6.07 Å². The van der Waals surface area contributed by atoms with E-state index in [0.717, 1.165) is 19.3 Å². The van der Waals surface area contributed by atoms with Crippen LogP contribution in [0, 0.1) is 11.3 Å². The van der Waals surface area contributed by atoms with Gasteiger partial charge in [-0.15, -0.1) is 10.2 Å². The van der Waals surface area contributed by atoms with E-state index in [1.165, 1.54) is 12.5 Å². The summed E-state index contributed by atoms with van der Waals surface area (Å²) >= 11 is 11.7. The molecule has 1 saturated carbocycles. The highest BCUT2D eigenvalue weighted by atomic mass is 35.5. The topological polar surface area (TPSA) is 54.9 Å². The molecule has 1 aliphatic rings. The van der Waals surface area contributed by atoms with Crippen LogP contribution < -0.4 is 5.32 Å². The first-order valence-electron chi connectivity index (χ1n) is 7.28. The SMILES string of the molecule is CC(C)(C)C1CCCCC1NC(=O)c1cc(Cl)nnc1Cl. The highest BCUT2D eigenvalue weighted by Crippen LogP contribution is 2.38. The number of aromatic nitrogens is 2. The fourth-order valence-electron chi connectivity index (χ4n) is 3.10. The minimum Gasteiger partial charge on any atom is -0.349 e. The lowest BCUT2D eigenvalue weighted by Gasteiger charge is -2.40. The summed E-state index contributed by atoms with van der Waals surface area (Å²) < 4.78 is 0. The first kappa shape index (κ1) is 16.5. The van der Waals surface area contributed by atoms with Gasteiger partial charge in [-0.1, -0.05) is 56.8 Å². The van der Waals surface area contributed by atoms with E-state index in [1.54, 1.807) is 0 Å². The average Bonchev–Trinajstić information content (AvgIpc) is 2.41. The number of nitrogens with zero attached hydrogens (tertiary/aromatic N) is 2. The second-order valence-corrected chi connectivity index (χ2v) is 7.45. The number of carbonyl (C=O) groups excluding carboxylic acids is 1. The summed E-state index contributed by atoms with van der Waals surface area (Å²) in [5, 5.41) is 10.7. The molecule has 4 nitrogen and oxygen atoms in total. The summed E-state index contributed by atoms with van der Waals surface area (Å²) in [5.41, 5.74) is 0.450. The molecule has 6 heteroatoms. The van der Waals surface area contributed by atoms with Gasteiger partial charge in [0.25, 0.3) is 5.91 Å². The van der Waals surface area contributed by atoms with Crippen LogP contribution >= 0.6 is 23.2 Å². The van der Waals surface area contributed by atoms with E-state index in [1.807, 2.05) is 0 Å². The predicted molar refractivity (Wildman–Crippen MR) is 84.7 cm³/mol. The van der Waals surface area contributed by atoms with E-state index in [9.17, 15) is 4.79 Å². The first-order chi connectivity index (χ1) is 9.79. The highest BCUT2D eigenvalue weighted by Gasteiger charge is 2.35. The quantitative estimate of drug-likeness (QED) is 0.887. The van der Waals surface area contributed by atoms with Crippen LogP contribution in [0.4, 0.5) is 0 Å². The Bertz CT molecular complexity index is 528. The molecule has 0 bridgehead atoms. The van der Waals surface area contributed by atoms with Crippen LogP contribution in [0.3, 0.4) is 0 Å². The van der Waals surface area contributed by atoms with Crippen molar-refractivity contribution < 1.29 is 4.79 Å². The summed E-state index contributed by atoms with van der Waals surface area (Å²) in [5.74, 6) is 0.234. The van der Waals surface area contributed by atoms with E-state index in [0.29, 0.717) is 5.92 Å². The van der Waals surface area contributed by atoms with Gasteiger partial charge in [0.2, 0.25) is 0 Å². The Kier molecular flexibility index (Phi) is 5.10. The molecule has 21 heavy (non-hydrogen) atoms. The lowest BCUT2D eigenvalue weighted by Crippen LogP contribution is -2.46. The van der Waals surface area contributed by atoms with Crippen molar-refractivity contribution in [2.24, 2.45) is 11.3 Å². The van der Waals surface area contributed by atoms with Crippen LogP contribution in [0.2, 0.25) is 10.3 Å². The van der Waals surface area contributed by atoms with E-state index in [4.69, 9.17) is 23.2 Å². The Morgan fingerprint density at radius 2 is 1.90 bits per heavy atom. The number of hydrogen-bond acceptors (Lipinski definition) is 3. The zero-order valence-electron chi connectivity index (χ0n) is 12.6. The molecule has 1 heterocycles. The smallest absolute Gasteiger partial charge is 0.254 e. The third kappa shape index (κ3) is 4.07. The van der Waals surface area contributed by atoms with Crippen molar-refractivity contribution in [2.75, 3.05) is 0 Å². The van der Waals surface area contributed by atoms with Gasteiger partial charge >= 0.3 is 0 Å². The molecule has 2 atom stereocenters. The van der Waals surface area contributed by atoms with Crippen molar-refractivity contribution >= 4 is 29.1 Å². The van der Waals surface area contributed by atoms with Gasteiger partial charge in [-0.3, -0.25) is 4.79 Å². The van der Waals surface area contributed by atoms with E-state index in [-0.39, 0.29) is 33.2 Å². The summed E-state index contributed by atoms with van der Waals surface area (Å²) in [6.45, 7) is 6.67. The van der Waals surface area contributed by atoms with Gasteiger partial charge in [-0.2, -0.15) is 0 Å². The number of carbonyl (C=O) groups is 1. The van der Waals surface area contributed by atoms with Gasteiger partial charge in [0.05, 0.1) is 5.56 Å². The minimum absolute atomic E-state index is 0.0834. The maximum atomic E-state index is 12.4. The Balaban J connectivity index is 2.15. The van der Waals surface area contributed by atoms with Crippen LogP contribution in [-0.2, 0) is 0 Å². The number of amides is 1. The monoisotopic (exact) mass is 329 g/mol. The summed E-state index contributed by atoms with van der Waals surface area (Å²) in [7, 11) is 0. The van der Waals surface area contributed by atoms with Crippen molar-refractivity contribution in [3.63, 3.8) is 0 Å². The van der Waals surface area contributed by atoms with Crippen LogP contribution in [-0.4, -0.2) is 22.1 Å². The number of rotatable bonds is 2. The summed E-state index contributed by atoms with van der Waals surface area (Å²) in [6, 6.07) is 1.62. The van der Waals surface area contributed by atoms with Gasteiger partial charge in [0, 0.05) is 6.04 Å². The van der Waals surface area contributed by atoms with Crippen molar-refractivity contribution in [1.29, 1.82) is 0 Å². The predicted octanol–water partition coefficient (Wildman–Crippen LogP) is 4.12. The average molecular weight is 330 g/mol. The van der Waals surface area contributed by atoms with Crippen LogP contribution in [0.5, 0.6) is 0 Å². The van der Waals surface area contributed by atoms with Crippen LogP contribution in [0.1, 0.15) is 56.8 Å². The van der Waals surface area contributed by atoms with Gasteiger partial charge in [0.15, 0.2) is 10.3 Å². The molecule has 0 saturated heterocycles. The lowest BCUT2D eigenvalue weighted by atomic mass is 9.69. The van der Waals surface area contributed by atoms with Crippen molar-refractivity contribution in [1.82, 2.24) is 15.5 Å². The van der Waals surface area contributed by atoms with Crippen LogP contribution in [0.25, 0.3) is 0 Å². The Morgan fingerprint density at radius 1 is 1.24 bits per heavy atom. The maximum Gasteiger partial charge on any atom is 0.254 e. The normalized spacial score (nSPS) is 22.9. The zero-order valence-corrected chi connectivity index (χ0v) is 14.1. The molecule has 1 N–H and O–H groups in total. The van der Waals surface area contributed by atoms with Gasteiger partial charge in [-0.25, -0.2) is 0 Å². The molecule has 0 aromatic carbocycles. The number of halogens is 2. The van der Waals surface area contributed by atoms with E-state index < -0.39 is 0 Å². The largest absolute Gasteiger partial charge is 0.349 e. The molecule has 0 aliphatic heterocycles. The summed E-state index contributed by atoms with van der Waals surface area (Å²) in [6.07, 6.45) is 4.49. The molecule has 0 spiro atoms. The lowest BCUT2D eigenvalue weighted by molar-refractivity contribution is 0.0829. The highest BCUT2D eigenvalue weighted by molar-refractivity contribution is 6.34. The second-order valence-electron chi connectivity index (χ2n) is 6.71. The molecular weight excluding hydrogens is 309 g/mol. The fraction of sp³-hybridized carbons (Fsp3) is 0.667. The molecular formula is C15H21Cl2N3O. The maximum absolute atomic E-state index is 12.4. The van der Waals surface area contributed by atoms with E-state index >= 15 is 0 Å². The third-order valence-electron chi connectivity index (χ3n) is 4.16. The van der Waals surface area contributed by atoms with Crippen molar-refractivity contribution in [3.8, 4) is 0 Å². The zero-order chi connectivity index (χ0) is 15.6. The van der Waals surface area contributed by atoms with Gasteiger partial charge in [-0.05, 0) is 30.2 Å². The molecule has 1 aliphatic carbocycles. The second kappa shape index (κ2) is 6.49. The molecule has 2 unspecified atom stereocenters. The number of hydrogen-bond donors (Lipinski definition) is 1. The van der Waals surface area contributed by atoms with Gasteiger partial charge in [0.1, 0.15) is 0 Å². The Hall–Kier alpha value is -0.870. The fourth-order valence-corrected chi connectivity index (χ4v) is 3.42. The minimum atomic E-state index is -0.224. The molecule has 1 aromatic heterocycles. The standard InChI is InChI=1S/C15H21Cl2N3O/c1-15(2,3)10-6-4-5-7-11(10)18-14(21)9-8-12(16)19-20-13(9)17/h8,10-11H,4-7H2,1-3H3,(H,18,21). The molecule has 1 fully saturated rings. The first-order valence-corrected chi connectivity index (χ1v) is 8.04. The van der Waals surface area contributed by atoms with Crippen molar-refractivity contribution in [2.45, 2.75) is 52.5 Å². The summed E-state index contributed by atoms with van der Waals surface area (Å²) in [4.78, 5) is 12.4. The molecule has 0 radical (unpaired) electrons. The molecule has 2 rings (SSSR count). The molecule has 1 aromatic rings. The third-order valence-corrected chi connectivity index (χ3v) is 4.62. The molecule has 1 amide bonds. The number of nitrogens with one attached hydrogen (secondary N) is 1. The van der Waals surface area contributed by atoms with Crippen molar-refractivity contribution in [3.05, 3.63) is 21.9 Å². The molecule has 116 valence electrons. The Labute approximate surface area is 135 Å².